The van der Waals surface area contributed by atoms with Crippen LogP contribution in [0.4, 0.5) is 32.0 Å². The Morgan fingerprint density at radius 3 is 1.98 bits per heavy atom. The number of ether oxygens (including phenoxy) is 2. The molecule has 0 aromatic heterocycles. The highest BCUT2D eigenvalue weighted by Crippen LogP contribution is 2.47. The number of nitrogens with one attached hydrogen (secondary N) is 1. The molecule has 9 nitrogen and oxygen atoms in total. The lowest BCUT2D eigenvalue weighted by atomic mass is 9.79. The van der Waals surface area contributed by atoms with Gasteiger partial charge in [-0.1, -0.05) is 36.4 Å². The number of hydrogen-bond donors (Lipinski definition) is 1. The van der Waals surface area contributed by atoms with Crippen LogP contribution in [-0.2, 0) is 32.2 Å². The van der Waals surface area contributed by atoms with E-state index in [-0.39, 0.29) is 6.54 Å². The van der Waals surface area contributed by atoms with Crippen molar-refractivity contribution in [2.24, 2.45) is 0 Å². The molecule has 15 heteroatoms. The maximum atomic E-state index is 14.3. The van der Waals surface area contributed by atoms with Crippen LogP contribution in [0.3, 0.4) is 0 Å². The number of benzene rings is 2. The first-order chi connectivity index (χ1) is 19.7. The Morgan fingerprint density at radius 1 is 0.929 bits per heavy atom. The number of allylic oxidation sites excluding steroid dienone is 2. The Bertz CT molecular complexity index is 1440. The highest BCUT2D eigenvalue weighted by molar-refractivity contribution is 6.00. The zero-order valence-corrected chi connectivity index (χ0v) is 21.8. The van der Waals surface area contributed by atoms with Crippen LogP contribution in [0.5, 0.6) is 0 Å². The van der Waals surface area contributed by atoms with Crippen LogP contribution in [0.15, 0.2) is 71.1 Å². The third kappa shape index (κ3) is 6.40. The third-order valence-corrected chi connectivity index (χ3v) is 6.61. The summed E-state index contributed by atoms with van der Waals surface area (Å²) in [5.74, 6) is -5.71. The van der Waals surface area contributed by atoms with Crippen LogP contribution < -0.4 is 5.32 Å². The molecular formula is C27H23F6N3O6. The summed E-state index contributed by atoms with van der Waals surface area (Å²) in [6.07, 6.45) is -11.1. The molecule has 2 aromatic carbocycles. The minimum Gasteiger partial charge on any atom is -0.463 e. The van der Waals surface area contributed by atoms with E-state index in [0.29, 0.717) is 19.2 Å². The van der Waals surface area contributed by atoms with Crippen LogP contribution in [-0.4, -0.2) is 53.9 Å². The van der Waals surface area contributed by atoms with E-state index >= 15 is 0 Å². The number of fused-ring (bicyclic) bond motifs is 1. The lowest BCUT2D eigenvalue weighted by Crippen LogP contribution is -2.43. The van der Waals surface area contributed by atoms with E-state index in [9.17, 15) is 46.0 Å². The zero-order chi connectivity index (χ0) is 30.8. The first-order valence-electron chi connectivity index (χ1n) is 12.5. The van der Waals surface area contributed by atoms with Gasteiger partial charge < -0.3 is 14.8 Å². The van der Waals surface area contributed by atoms with Crippen molar-refractivity contribution in [1.29, 1.82) is 0 Å². The van der Waals surface area contributed by atoms with Gasteiger partial charge in [0, 0.05) is 31.8 Å². The Balaban J connectivity index is 1.78. The van der Waals surface area contributed by atoms with Crippen molar-refractivity contribution < 1.29 is 50.3 Å². The smallest absolute Gasteiger partial charge is 0.431 e. The average Bonchev–Trinajstić information content (AvgIpc) is 3.33. The number of esters is 2. The molecule has 2 aliphatic heterocycles. The van der Waals surface area contributed by atoms with E-state index < -0.39 is 82.1 Å². The van der Waals surface area contributed by atoms with Gasteiger partial charge in [0.25, 0.3) is 5.69 Å². The average molecular weight is 599 g/mol. The SMILES string of the molecule is CCOC(=O)C1=C(C(F)(F)F)NC(C(F)(F)F)=C(C(=O)OCCN2Cc3ccccc3C2)C1c1cccc([N+](=O)[O-])c1. The van der Waals surface area contributed by atoms with Crippen LogP contribution in [0.2, 0.25) is 0 Å². The number of carbonyl (C=O) groups excluding carboxylic acids is 2. The summed E-state index contributed by atoms with van der Waals surface area (Å²) >= 11 is 0. The molecule has 1 atom stereocenters. The summed E-state index contributed by atoms with van der Waals surface area (Å²) in [6.45, 7) is 1.40. The number of hydrogen-bond acceptors (Lipinski definition) is 8. The summed E-state index contributed by atoms with van der Waals surface area (Å²) in [7, 11) is 0. The molecular weight excluding hydrogens is 576 g/mol. The lowest BCUT2D eigenvalue weighted by molar-refractivity contribution is -0.384. The summed E-state index contributed by atoms with van der Waals surface area (Å²) in [4.78, 5) is 38.5. The molecule has 42 heavy (non-hydrogen) atoms. The summed E-state index contributed by atoms with van der Waals surface area (Å²) in [6, 6.07) is 11.1. The maximum absolute atomic E-state index is 14.3. The van der Waals surface area contributed by atoms with Gasteiger partial charge in [0.1, 0.15) is 18.0 Å². The fourth-order valence-corrected chi connectivity index (χ4v) is 4.85. The number of carbonyl (C=O) groups is 2. The van der Waals surface area contributed by atoms with Gasteiger partial charge in [0.15, 0.2) is 0 Å². The fourth-order valence-electron chi connectivity index (χ4n) is 4.85. The molecule has 0 fully saturated rings. The van der Waals surface area contributed by atoms with Crippen LogP contribution in [0.1, 0.15) is 29.5 Å². The summed E-state index contributed by atoms with van der Waals surface area (Å²) in [5.41, 5.74) is -6.21. The van der Waals surface area contributed by atoms with Gasteiger partial charge in [-0.2, -0.15) is 26.3 Å². The second-order valence-electron chi connectivity index (χ2n) is 9.32. The van der Waals surface area contributed by atoms with Gasteiger partial charge >= 0.3 is 24.3 Å². The molecule has 0 amide bonds. The molecule has 0 bridgehead atoms. The van der Waals surface area contributed by atoms with Crippen molar-refractivity contribution >= 4 is 17.6 Å². The zero-order valence-electron chi connectivity index (χ0n) is 21.8. The van der Waals surface area contributed by atoms with Crippen molar-refractivity contribution in [1.82, 2.24) is 10.2 Å². The van der Waals surface area contributed by atoms with Crippen LogP contribution in [0.25, 0.3) is 0 Å². The first-order valence-corrected chi connectivity index (χ1v) is 12.5. The Labute approximate surface area is 234 Å². The van der Waals surface area contributed by atoms with Crippen LogP contribution >= 0.6 is 0 Å². The molecule has 0 spiro atoms. The molecule has 2 aliphatic rings. The Kier molecular flexibility index (Phi) is 8.61. The molecule has 0 saturated carbocycles. The molecule has 1 unspecified atom stereocenters. The number of dihydropyridines is 1. The number of nitrogens with zero attached hydrogens (tertiary/aromatic N) is 2. The Morgan fingerprint density at radius 2 is 1.48 bits per heavy atom. The standard InChI is InChI=1S/C27H23F6N3O6/c1-2-41-24(37)20-19(15-8-5-9-18(12-15)36(39)40)21(23(27(31,32)33)34-22(20)26(28,29)30)25(38)42-11-10-35-13-16-6-3-4-7-17(16)14-35/h3-9,12,19,34H,2,10-11,13-14H2,1H3. The summed E-state index contributed by atoms with van der Waals surface area (Å²) in [5, 5.41) is 12.6. The molecule has 0 saturated heterocycles. The molecule has 224 valence electrons. The second kappa shape index (κ2) is 11.8. The van der Waals surface area contributed by atoms with Gasteiger partial charge in [-0.15, -0.1) is 0 Å². The van der Waals surface area contributed by atoms with E-state index in [0.717, 1.165) is 29.3 Å². The summed E-state index contributed by atoms with van der Waals surface area (Å²) < 4.78 is 95.0. The van der Waals surface area contributed by atoms with E-state index in [1.54, 1.807) is 0 Å². The lowest BCUT2D eigenvalue weighted by Gasteiger charge is -2.33. The molecule has 4 rings (SSSR count). The predicted octanol–water partition coefficient (Wildman–Crippen LogP) is 5.04. The molecule has 2 heterocycles. The third-order valence-electron chi connectivity index (χ3n) is 6.61. The number of rotatable bonds is 8. The van der Waals surface area contributed by atoms with Gasteiger partial charge in [0.2, 0.25) is 0 Å². The van der Waals surface area contributed by atoms with E-state index in [2.05, 4.69) is 0 Å². The minimum atomic E-state index is -5.55. The predicted molar refractivity (Wildman–Crippen MR) is 133 cm³/mol. The van der Waals surface area contributed by atoms with Gasteiger partial charge in [-0.3, -0.25) is 15.0 Å². The number of nitro benzene ring substituents is 1. The topological polar surface area (TPSA) is 111 Å². The van der Waals surface area contributed by atoms with Gasteiger partial charge in [-0.25, -0.2) is 9.59 Å². The highest BCUT2D eigenvalue weighted by atomic mass is 19.4. The van der Waals surface area contributed by atoms with Crippen molar-refractivity contribution in [2.45, 2.75) is 38.3 Å². The van der Waals surface area contributed by atoms with E-state index in [1.165, 1.54) is 12.2 Å². The number of alkyl halides is 6. The molecule has 2 aromatic rings. The Hall–Kier alpha value is -4.40. The number of nitro groups is 1. The minimum absolute atomic E-state index is 0.0817. The van der Waals surface area contributed by atoms with Crippen molar-refractivity contribution in [3.05, 3.63) is 97.9 Å². The first kappa shape index (κ1) is 30.6. The molecule has 0 radical (unpaired) electrons. The molecule has 0 aliphatic carbocycles. The van der Waals surface area contributed by atoms with Crippen molar-refractivity contribution in [3.8, 4) is 0 Å². The van der Waals surface area contributed by atoms with Gasteiger partial charge in [-0.05, 0) is 23.6 Å². The van der Waals surface area contributed by atoms with Crippen molar-refractivity contribution in [3.63, 3.8) is 0 Å². The number of non-ortho nitro benzene ring substituents is 1. The molecule has 1 N–H and O–H groups in total. The van der Waals surface area contributed by atoms with Crippen molar-refractivity contribution in [2.75, 3.05) is 19.8 Å². The van der Waals surface area contributed by atoms with E-state index in [4.69, 9.17) is 9.47 Å². The highest BCUT2D eigenvalue weighted by Gasteiger charge is 2.53. The maximum Gasteiger partial charge on any atom is 0.431 e. The largest absolute Gasteiger partial charge is 0.463 e. The fraction of sp³-hybridized carbons (Fsp3) is 0.333. The number of halogens is 6. The van der Waals surface area contributed by atoms with Crippen LogP contribution in [0, 0.1) is 10.1 Å². The van der Waals surface area contributed by atoms with Gasteiger partial charge in [0.05, 0.1) is 28.6 Å². The monoisotopic (exact) mass is 599 g/mol. The van der Waals surface area contributed by atoms with E-state index in [1.807, 2.05) is 29.2 Å². The quantitative estimate of drug-likeness (QED) is 0.195. The normalized spacial score (nSPS) is 17.5. The second-order valence-corrected chi connectivity index (χ2v) is 9.32.